The predicted octanol–water partition coefficient (Wildman–Crippen LogP) is 5.70. The van der Waals surface area contributed by atoms with Gasteiger partial charge in [0.15, 0.2) is 0 Å². The molecule has 1 amide bonds. The van der Waals surface area contributed by atoms with Gasteiger partial charge >= 0.3 is 0 Å². The van der Waals surface area contributed by atoms with Crippen LogP contribution in [-0.2, 0) is 19.4 Å². The summed E-state index contributed by atoms with van der Waals surface area (Å²) in [6.45, 7) is 8.38. The molecule has 10 heteroatoms. The lowest BCUT2D eigenvalue weighted by atomic mass is 10.00. The molecule has 2 atom stereocenters. The Labute approximate surface area is 257 Å². The highest BCUT2D eigenvalue weighted by Gasteiger charge is 2.25. The first-order chi connectivity index (χ1) is 21.3. The first kappa shape index (κ1) is 32.8. The highest BCUT2D eigenvalue weighted by atomic mass is 19.1. The predicted molar refractivity (Wildman–Crippen MR) is 167 cm³/mol. The van der Waals surface area contributed by atoms with E-state index in [0.717, 1.165) is 44.0 Å². The number of nitrogens with one attached hydrogen (secondary N) is 2. The third-order valence-corrected chi connectivity index (χ3v) is 7.28. The van der Waals surface area contributed by atoms with Crippen LogP contribution in [0.5, 0.6) is 0 Å². The monoisotopic (exact) mass is 605 g/mol. The first-order valence-corrected chi connectivity index (χ1v) is 15.2. The van der Waals surface area contributed by atoms with Crippen molar-refractivity contribution < 1.29 is 23.1 Å². The Hall–Kier alpha value is -4.15. The van der Waals surface area contributed by atoms with Crippen molar-refractivity contribution >= 4 is 11.7 Å². The average Bonchev–Trinajstić information content (AvgIpc) is 3.55. The van der Waals surface area contributed by atoms with Crippen molar-refractivity contribution in [3.63, 3.8) is 0 Å². The van der Waals surface area contributed by atoms with E-state index in [9.17, 15) is 18.7 Å². The van der Waals surface area contributed by atoms with Crippen LogP contribution >= 0.6 is 0 Å². The minimum atomic E-state index is -1.07. The Morgan fingerprint density at radius 2 is 1.70 bits per heavy atom. The van der Waals surface area contributed by atoms with Gasteiger partial charge in [-0.05, 0) is 66.6 Å². The van der Waals surface area contributed by atoms with Gasteiger partial charge in [-0.3, -0.25) is 4.79 Å². The molecule has 3 N–H and O–H groups in total. The second kappa shape index (κ2) is 16.1. The highest BCUT2D eigenvalue weighted by Crippen LogP contribution is 2.23. The highest BCUT2D eigenvalue weighted by molar-refractivity contribution is 5.96. The summed E-state index contributed by atoms with van der Waals surface area (Å²) in [7, 11) is 0. The number of amides is 1. The van der Waals surface area contributed by atoms with Gasteiger partial charge in [-0.2, -0.15) is 0 Å². The van der Waals surface area contributed by atoms with Crippen LogP contribution < -0.4 is 15.5 Å². The lowest BCUT2D eigenvalue weighted by Crippen LogP contribution is -2.48. The van der Waals surface area contributed by atoms with Gasteiger partial charge in [0.05, 0.1) is 18.3 Å². The number of nitrogens with zero attached hydrogens (tertiary/aromatic N) is 3. The van der Waals surface area contributed by atoms with Crippen molar-refractivity contribution in [2.24, 2.45) is 0 Å². The van der Waals surface area contributed by atoms with E-state index in [0.29, 0.717) is 29.2 Å². The van der Waals surface area contributed by atoms with Crippen LogP contribution in [0.25, 0.3) is 11.6 Å². The number of carbonyl (C=O) groups excluding carboxylic acids is 1. The summed E-state index contributed by atoms with van der Waals surface area (Å²) in [5.74, 6) is -1.04. The van der Waals surface area contributed by atoms with Gasteiger partial charge in [0.1, 0.15) is 29.4 Å². The van der Waals surface area contributed by atoms with E-state index in [1.165, 1.54) is 30.2 Å². The number of benzene rings is 2. The van der Waals surface area contributed by atoms with Crippen LogP contribution in [0.2, 0.25) is 0 Å². The second-order valence-electron chi connectivity index (χ2n) is 10.9. The van der Waals surface area contributed by atoms with Crippen LogP contribution in [0.1, 0.15) is 60.7 Å². The molecule has 0 aliphatic carbocycles. The van der Waals surface area contributed by atoms with Gasteiger partial charge in [-0.1, -0.05) is 45.0 Å². The smallest absolute Gasteiger partial charge is 0.251 e. The number of hydrogen-bond acceptors (Lipinski definition) is 7. The van der Waals surface area contributed by atoms with E-state index in [2.05, 4.69) is 53.4 Å². The summed E-state index contributed by atoms with van der Waals surface area (Å²) in [6.07, 6.45) is 4.59. The summed E-state index contributed by atoms with van der Waals surface area (Å²) in [6, 6.07) is 13.8. The van der Waals surface area contributed by atoms with Gasteiger partial charge < -0.3 is 25.1 Å². The van der Waals surface area contributed by atoms with E-state index < -0.39 is 29.7 Å². The summed E-state index contributed by atoms with van der Waals surface area (Å²) >= 11 is 0. The molecule has 0 radical (unpaired) electrons. The maximum absolute atomic E-state index is 14.1. The number of halogens is 2. The fourth-order valence-corrected chi connectivity index (χ4v) is 5.13. The van der Waals surface area contributed by atoms with Gasteiger partial charge in [-0.25, -0.2) is 18.7 Å². The summed E-state index contributed by atoms with van der Waals surface area (Å²) in [5, 5.41) is 17.4. The van der Waals surface area contributed by atoms with Gasteiger partial charge in [0, 0.05) is 37.8 Å². The molecule has 0 fully saturated rings. The molecule has 2 aromatic carbocycles. The Bertz CT molecular complexity index is 1470. The molecular weight excluding hydrogens is 564 g/mol. The fraction of sp³-hybridized carbons (Fsp3) is 0.382. The van der Waals surface area contributed by atoms with Crippen molar-refractivity contribution in [2.45, 2.75) is 65.1 Å². The van der Waals surface area contributed by atoms with E-state index in [4.69, 9.17) is 9.40 Å². The number of aliphatic hydroxyl groups is 1. The Morgan fingerprint density at radius 1 is 0.977 bits per heavy atom. The minimum absolute atomic E-state index is 0.0108. The van der Waals surface area contributed by atoms with Gasteiger partial charge in [0.25, 0.3) is 5.91 Å². The Balaban J connectivity index is 1.59. The lowest BCUT2D eigenvalue weighted by molar-refractivity contribution is 0.0830. The summed E-state index contributed by atoms with van der Waals surface area (Å²) in [5.41, 5.74) is 3.29. The molecule has 4 rings (SSSR count). The van der Waals surface area contributed by atoms with Crippen LogP contribution in [0.4, 0.5) is 14.6 Å². The zero-order valence-corrected chi connectivity index (χ0v) is 25.5. The van der Waals surface area contributed by atoms with E-state index in [1.54, 1.807) is 12.1 Å². The van der Waals surface area contributed by atoms with E-state index in [1.807, 2.05) is 12.1 Å². The topological polar surface area (TPSA) is 104 Å². The van der Waals surface area contributed by atoms with Crippen LogP contribution in [-0.4, -0.2) is 52.8 Å². The quantitative estimate of drug-likeness (QED) is 0.151. The summed E-state index contributed by atoms with van der Waals surface area (Å²) < 4.78 is 33.6. The molecule has 0 spiro atoms. The first-order valence-electron chi connectivity index (χ1n) is 15.2. The molecule has 2 heterocycles. The van der Waals surface area contributed by atoms with Crippen molar-refractivity contribution in [3.8, 4) is 11.6 Å². The SMILES string of the molecule is CCCN(CCC)c1cc(C(=O)N[C@@H](Cc2cc(F)cc(F)c2)[C@H](O)CNCc2cccc(CC)c2)cc(-c2ncco2)n1. The van der Waals surface area contributed by atoms with Crippen LogP contribution in [0.3, 0.4) is 0 Å². The van der Waals surface area contributed by atoms with Crippen LogP contribution in [0.15, 0.2) is 71.5 Å². The standard InChI is InChI=1S/C34H41F2N5O3/c1-4-11-41(12-5-2)32-19-26(18-30(39-32)34-38-10-13-44-34)33(43)40-29(17-25-15-27(35)20-28(36)16-25)31(42)22-37-21-24-9-7-8-23(6-3)14-24/h7-10,13-16,18-20,29,31,37,42H,4-6,11-12,17,21-22H2,1-3H3,(H,40,43)/t29-,31+/m0/s1. The third-order valence-electron chi connectivity index (χ3n) is 7.28. The number of pyridine rings is 1. The van der Waals surface area contributed by atoms with Crippen LogP contribution in [0, 0.1) is 11.6 Å². The van der Waals surface area contributed by atoms with Crippen molar-refractivity contribution in [1.29, 1.82) is 0 Å². The van der Waals surface area contributed by atoms with E-state index >= 15 is 0 Å². The van der Waals surface area contributed by atoms with Gasteiger partial charge in [-0.15, -0.1) is 0 Å². The Kier molecular flexibility index (Phi) is 12.0. The molecule has 0 saturated carbocycles. The molecule has 0 bridgehead atoms. The minimum Gasteiger partial charge on any atom is -0.443 e. The number of rotatable bonds is 16. The zero-order chi connectivity index (χ0) is 31.5. The lowest BCUT2D eigenvalue weighted by Gasteiger charge is -2.26. The molecule has 4 aromatic rings. The Morgan fingerprint density at radius 3 is 2.36 bits per heavy atom. The normalized spacial score (nSPS) is 12.6. The largest absolute Gasteiger partial charge is 0.443 e. The maximum Gasteiger partial charge on any atom is 0.251 e. The number of hydrogen-bond donors (Lipinski definition) is 3. The molecule has 0 aliphatic rings. The number of aryl methyl sites for hydroxylation is 1. The molecule has 0 unspecified atom stereocenters. The summed E-state index contributed by atoms with van der Waals surface area (Å²) in [4.78, 5) is 24.8. The molecule has 8 nitrogen and oxygen atoms in total. The van der Waals surface area contributed by atoms with E-state index in [-0.39, 0.29) is 18.9 Å². The number of aliphatic hydroxyl groups excluding tert-OH is 1. The number of anilines is 1. The molecular formula is C34H41F2N5O3. The van der Waals surface area contributed by atoms with Crippen molar-refractivity contribution in [1.82, 2.24) is 20.6 Å². The molecule has 2 aromatic heterocycles. The third kappa shape index (κ3) is 9.17. The number of carbonyl (C=O) groups is 1. The fourth-order valence-electron chi connectivity index (χ4n) is 5.13. The number of aromatic nitrogens is 2. The molecule has 0 saturated heterocycles. The molecule has 44 heavy (non-hydrogen) atoms. The number of oxazole rings is 1. The average molecular weight is 606 g/mol. The second-order valence-corrected chi connectivity index (χ2v) is 10.9. The zero-order valence-electron chi connectivity index (χ0n) is 25.5. The molecule has 234 valence electrons. The maximum atomic E-state index is 14.1. The van der Waals surface area contributed by atoms with Crippen molar-refractivity contribution in [2.75, 3.05) is 24.5 Å². The molecule has 0 aliphatic heterocycles. The van der Waals surface area contributed by atoms with Gasteiger partial charge in [0.2, 0.25) is 5.89 Å². The van der Waals surface area contributed by atoms with Crippen molar-refractivity contribution in [3.05, 3.63) is 101 Å².